The van der Waals surface area contributed by atoms with Crippen LogP contribution in [0.25, 0.3) is 0 Å². The van der Waals surface area contributed by atoms with E-state index in [2.05, 4.69) is 15.5 Å². The second-order valence-electron chi connectivity index (χ2n) is 6.80. The summed E-state index contributed by atoms with van der Waals surface area (Å²) in [6.07, 6.45) is 4.95. The number of rotatable bonds is 2. The van der Waals surface area contributed by atoms with Gasteiger partial charge in [-0.1, -0.05) is 12.1 Å². The lowest BCUT2D eigenvalue weighted by atomic mass is 9.86. The van der Waals surface area contributed by atoms with Crippen molar-refractivity contribution >= 4 is 11.6 Å². The van der Waals surface area contributed by atoms with Crippen LogP contribution in [-0.2, 0) is 6.54 Å². The first kappa shape index (κ1) is 13.2. The SMILES string of the molecule is O=C1N[C@]2(C[C@H]3CC[C@@H]2N3Cc2ccco2)Nc2ccccc21. The number of fused-ring (bicyclic) bond motifs is 4. The maximum atomic E-state index is 12.6. The van der Waals surface area contributed by atoms with Gasteiger partial charge in [-0.2, -0.15) is 0 Å². The number of nitrogens with zero attached hydrogens (tertiary/aromatic N) is 1. The van der Waals surface area contributed by atoms with Crippen LogP contribution in [0, 0.1) is 0 Å². The molecule has 0 radical (unpaired) electrons. The van der Waals surface area contributed by atoms with E-state index in [1.165, 1.54) is 6.42 Å². The third-order valence-electron chi connectivity index (χ3n) is 5.55. The van der Waals surface area contributed by atoms with Crippen LogP contribution < -0.4 is 10.6 Å². The standard InChI is InChI=1S/C18H19N3O2/c22-17-14-5-1-2-6-15(14)19-18(20-17)10-12-7-8-16(18)21(12)11-13-4-3-9-23-13/h1-6,9,12,16,19H,7-8,10-11H2,(H,20,22)/t12-,16+,18+/m1/s1. The maximum Gasteiger partial charge on any atom is 0.255 e. The van der Waals surface area contributed by atoms with Gasteiger partial charge in [0.15, 0.2) is 0 Å². The van der Waals surface area contributed by atoms with Crippen LogP contribution in [0.3, 0.4) is 0 Å². The molecular formula is C18H19N3O2. The molecule has 2 fully saturated rings. The Hall–Kier alpha value is -2.27. The summed E-state index contributed by atoms with van der Waals surface area (Å²) in [6.45, 7) is 0.809. The van der Waals surface area contributed by atoms with Gasteiger partial charge in [0.05, 0.1) is 24.4 Å². The van der Waals surface area contributed by atoms with Crippen molar-refractivity contribution in [2.45, 2.75) is 43.6 Å². The number of amides is 1. The number of carbonyl (C=O) groups excluding carboxylic acids is 1. The van der Waals surface area contributed by atoms with Crippen molar-refractivity contribution in [1.82, 2.24) is 10.2 Å². The van der Waals surface area contributed by atoms with Crippen molar-refractivity contribution in [3.8, 4) is 0 Å². The molecule has 118 valence electrons. The summed E-state index contributed by atoms with van der Waals surface area (Å²) in [5.74, 6) is 1.02. The van der Waals surface area contributed by atoms with Gasteiger partial charge in [0.2, 0.25) is 0 Å². The first-order chi connectivity index (χ1) is 11.3. The molecule has 1 aromatic carbocycles. The summed E-state index contributed by atoms with van der Waals surface area (Å²) in [5, 5.41) is 6.91. The van der Waals surface area contributed by atoms with Gasteiger partial charge < -0.3 is 15.1 Å². The maximum absolute atomic E-state index is 12.6. The van der Waals surface area contributed by atoms with Crippen molar-refractivity contribution in [2.24, 2.45) is 0 Å². The Kier molecular flexibility index (Phi) is 2.65. The van der Waals surface area contributed by atoms with Gasteiger partial charge in [0.25, 0.3) is 5.91 Å². The fraction of sp³-hybridized carbons (Fsp3) is 0.389. The molecule has 0 unspecified atom stereocenters. The molecule has 2 saturated heterocycles. The van der Waals surface area contributed by atoms with Crippen LogP contribution in [0.15, 0.2) is 47.1 Å². The Bertz CT molecular complexity index is 757. The largest absolute Gasteiger partial charge is 0.468 e. The van der Waals surface area contributed by atoms with Gasteiger partial charge in [0.1, 0.15) is 11.4 Å². The van der Waals surface area contributed by atoms with Gasteiger partial charge in [-0.25, -0.2) is 0 Å². The summed E-state index contributed by atoms with van der Waals surface area (Å²) in [7, 11) is 0. The monoisotopic (exact) mass is 309 g/mol. The van der Waals surface area contributed by atoms with Gasteiger partial charge in [0, 0.05) is 18.2 Å². The Morgan fingerprint density at radius 3 is 2.96 bits per heavy atom. The third kappa shape index (κ3) is 1.86. The molecular weight excluding hydrogens is 290 g/mol. The zero-order valence-electron chi connectivity index (χ0n) is 12.8. The summed E-state index contributed by atoms with van der Waals surface area (Å²) in [4.78, 5) is 15.0. The Morgan fingerprint density at radius 2 is 2.09 bits per heavy atom. The fourth-order valence-electron chi connectivity index (χ4n) is 4.61. The average molecular weight is 309 g/mol. The molecule has 1 aromatic heterocycles. The molecule has 5 nitrogen and oxygen atoms in total. The minimum atomic E-state index is -0.346. The van der Waals surface area contributed by atoms with E-state index in [0.717, 1.165) is 36.4 Å². The summed E-state index contributed by atoms with van der Waals surface area (Å²) in [6, 6.07) is 12.5. The number of anilines is 1. The topological polar surface area (TPSA) is 57.5 Å². The molecule has 2 aromatic rings. The molecule has 3 atom stereocenters. The lowest BCUT2D eigenvalue weighted by molar-refractivity contribution is 0.0868. The van der Waals surface area contributed by atoms with Crippen LogP contribution in [0.1, 0.15) is 35.4 Å². The smallest absolute Gasteiger partial charge is 0.255 e. The molecule has 2 bridgehead atoms. The predicted molar refractivity (Wildman–Crippen MR) is 85.9 cm³/mol. The third-order valence-corrected chi connectivity index (χ3v) is 5.55. The first-order valence-corrected chi connectivity index (χ1v) is 8.23. The molecule has 23 heavy (non-hydrogen) atoms. The van der Waals surface area contributed by atoms with E-state index in [-0.39, 0.29) is 11.6 Å². The Morgan fingerprint density at radius 1 is 1.17 bits per heavy atom. The van der Waals surface area contributed by atoms with E-state index in [4.69, 9.17) is 4.42 Å². The fourth-order valence-corrected chi connectivity index (χ4v) is 4.61. The van der Waals surface area contributed by atoms with E-state index < -0.39 is 0 Å². The molecule has 5 rings (SSSR count). The van der Waals surface area contributed by atoms with E-state index in [1.54, 1.807) is 6.26 Å². The van der Waals surface area contributed by atoms with Gasteiger partial charge >= 0.3 is 0 Å². The number of carbonyl (C=O) groups is 1. The predicted octanol–water partition coefficient (Wildman–Crippen LogP) is 2.57. The van der Waals surface area contributed by atoms with Crippen LogP contribution in [0.2, 0.25) is 0 Å². The number of hydrogen-bond donors (Lipinski definition) is 2. The van der Waals surface area contributed by atoms with Crippen molar-refractivity contribution in [2.75, 3.05) is 5.32 Å². The van der Waals surface area contributed by atoms with E-state index in [0.29, 0.717) is 12.1 Å². The molecule has 2 N–H and O–H groups in total. The van der Waals surface area contributed by atoms with Crippen molar-refractivity contribution in [3.05, 3.63) is 54.0 Å². The highest BCUT2D eigenvalue weighted by atomic mass is 16.3. The van der Waals surface area contributed by atoms with Crippen molar-refractivity contribution < 1.29 is 9.21 Å². The Labute approximate surface area is 134 Å². The lowest BCUT2D eigenvalue weighted by Crippen LogP contribution is -2.64. The Balaban J connectivity index is 1.47. The van der Waals surface area contributed by atoms with Gasteiger partial charge in [-0.3, -0.25) is 9.69 Å². The minimum absolute atomic E-state index is 0.0323. The molecule has 3 aliphatic heterocycles. The molecule has 0 aliphatic carbocycles. The minimum Gasteiger partial charge on any atom is -0.468 e. The van der Waals surface area contributed by atoms with Crippen LogP contribution in [-0.4, -0.2) is 28.6 Å². The number of benzene rings is 1. The van der Waals surface area contributed by atoms with E-state index in [1.807, 2.05) is 36.4 Å². The van der Waals surface area contributed by atoms with Crippen LogP contribution >= 0.6 is 0 Å². The normalized spacial score (nSPS) is 31.9. The summed E-state index contributed by atoms with van der Waals surface area (Å²) >= 11 is 0. The van der Waals surface area contributed by atoms with Crippen molar-refractivity contribution in [1.29, 1.82) is 0 Å². The molecule has 4 heterocycles. The summed E-state index contributed by atoms with van der Waals surface area (Å²) in [5.41, 5.74) is 1.33. The molecule has 1 amide bonds. The molecule has 1 spiro atoms. The van der Waals surface area contributed by atoms with Gasteiger partial charge in [-0.05, 0) is 37.1 Å². The number of nitrogens with one attached hydrogen (secondary N) is 2. The first-order valence-electron chi connectivity index (χ1n) is 8.23. The summed E-state index contributed by atoms with van der Waals surface area (Å²) < 4.78 is 5.52. The number of para-hydroxylation sites is 1. The van der Waals surface area contributed by atoms with E-state index >= 15 is 0 Å². The zero-order valence-corrected chi connectivity index (χ0v) is 12.8. The van der Waals surface area contributed by atoms with E-state index in [9.17, 15) is 4.79 Å². The molecule has 3 aliphatic rings. The lowest BCUT2D eigenvalue weighted by Gasteiger charge is -2.43. The quantitative estimate of drug-likeness (QED) is 0.895. The van der Waals surface area contributed by atoms with Crippen LogP contribution in [0.5, 0.6) is 0 Å². The van der Waals surface area contributed by atoms with Gasteiger partial charge in [-0.15, -0.1) is 0 Å². The highest BCUT2D eigenvalue weighted by molar-refractivity contribution is 6.02. The highest BCUT2D eigenvalue weighted by Gasteiger charge is 2.58. The zero-order chi connectivity index (χ0) is 15.4. The van der Waals surface area contributed by atoms with Crippen LogP contribution in [0.4, 0.5) is 5.69 Å². The second-order valence-corrected chi connectivity index (χ2v) is 6.80. The average Bonchev–Trinajstić information content (AvgIpc) is 3.24. The van der Waals surface area contributed by atoms with Crippen molar-refractivity contribution in [3.63, 3.8) is 0 Å². The number of hydrogen-bond acceptors (Lipinski definition) is 4. The second kappa shape index (κ2) is 4.61. The number of furan rings is 1. The molecule has 5 heteroatoms. The molecule has 0 saturated carbocycles. The highest BCUT2D eigenvalue weighted by Crippen LogP contribution is 2.47.